The molecule has 3 aromatic carbocycles. The minimum atomic E-state index is -0.444. The highest BCUT2D eigenvalue weighted by molar-refractivity contribution is 14.0. The van der Waals surface area contributed by atoms with Gasteiger partial charge in [-0.3, -0.25) is 4.90 Å². The number of rotatable bonds is 12. The number of carbonyl (C=O) groups excluding carboxylic acids is 1. The summed E-state index contributed by atoms with van der Waals surface area (Å²) in [6, 6.07) is 23.8. The van der Waals surface area contributed by atoms with Crippen molar-refractivity contribution in [1.82, 2.24) is 4.90 Å². The number of benzene rings is 3. The monoisotopic (exact) mass is 595 g/mol. The third-order valence-electron chi connectivity index (χ3n) is 5.65. The van der Waals surface area contributed by atoms with Crippen molar-refractivity contribution in [1.29, 1.82) is 0 Å². The van der Waals surface area contributed by atoms with Gasteiger partial charge >= 0.3 is 6.03 Å². The molecular weight excluding hydrogens is 564 g/mol. The number of nitrogens with two attached hydrogens (primary N) is 1. The van der Waals surface area contributed by atoms with Crippen LogP contribution in [0.2, 0.25) is 5.02 Å². The van der Waals surface area contributed by atoms with Crippen LogP contribution in [0.4, 0.5) is 14.9 Å². The Morgan fingerprint density at radius 3 is 2.18 bits per heavy atom. The molecule has 0 saturated heterocycles. The Morgan fingerprint density at radius 1 is 0.794 bits per heavy atom. The summed E-state index contributed by atoms with van der Waals surface area (Å²) in [7, 11) is 0. The molecule has 2 amide bonds. The largest absolute Gasteiger partial charge is 0.351 e. The van der Waals surface area contributed by atoms with Gasteiger partial charge in [0.25, 0.3) is 0 Å². The quantitative estimate of drug-likeness (QED) is 0.242. The summed E-state index contributed by atoms with van der Waals surface area (Å²) in [5.74, 6) is -0.195. The summed E-state index contributed by atoms with van der Waals surface area (Å²) in [4.78, 5) is 16.0. The van der Waals surface area contributed by atoms with E-state index in [1.807, 2.05) is 48.5 Å². The van der Waals surface area contributed by atoms with Crippen molar-refractivity contribution < 1.29 is 9.18 Å². The molecule has 0 heterocycles. The first-order valence-corrected chi connectivity index (χ1v) is 11.7. The van der Waals surface area contributed by atoms with Gasteiger partial charge in [-0.2, -0.15) is 0 Å². The summed E-state index contributed by atoms with van der Waals surface area (Å²) in [6.07, 6.45) is 3.47. The third kappa shape index (κ3) is 9.60. The summed E-state index contributed by atoms with van der Waals surface area (Å²) in [6.45, 7) is 3.19. The van der Waals surface area contributed by atoms with Gasteiger partial charge in [-0.25, -0.2) is 9.18 Å². The molecule has 7 heteroatoms. The van der Waals surface area contributed by atoms with Gasteiger partial charge in [0.2, 0.25) is 0 Å². The molecule has 0 spiro atoms. The van der Waals surface area contributed by atoms with E-state index < -0.39 is 6.03 Å². The zero-order chi connectivity index (χ0) is 23.5. The van der Waals surface area contributed by atoms with Crippen LogP contribution in [0.5, 0.6) is 0 Å². The number of anilines is 1. The Bertz CT molecular complexity index is 1000. The average molecular weight is 596 g/mol. The predicted molar refractivity (Wildman–Crippen MR) is 150 cm³/mol. The van der Waals surface area contributed by atoms with Crippen molar-refractivity contribution >= 4 is 47.3 Å². The molecule has 4 nitrogen and oxygen atoms in total. The lowest BCUT2D eigenvalue weighted by Gasteiger charge is -2.25. The number of halogens is 3. The number of amides is 2. The van der Waals surface area contributed by atoms with E-state index in [-0.39, 0.29) is 29.8 Å². The number of hydrogen-bond donors (Lipinski definition) is 1. The molecule has 34 heavy (non-hydrogen) atoms. The van der Waals surface area contributed by atoms with E-state index in [4.69, 9.17) is 17.3 Å². The fraction of sp³-hybridized carbons (Fsp3) is 0.296. The Hall–Kier alpha value is -2.16. The number of hydrogen-bond acceptors (Lipinski definition) is 2. The van der Waals surface area contributed by atoms with Crippen molar-refractivity contribution in [2.24, 2.45) is 5.73 Å². The Kier molecular flexibility index (Phi) is 12.4. The van der Waals surface area contributed by atoms with E-state index >= 15 is 0 Å². The van der Waals surface area contributed by atoms with Crippen LogP contribution in [0.15, 0.2) is 78.9 Å². The molecule has 2 N–H and O–H groups in total. The molecule has 0 fully saturated rings. The number of primary amides is 1. The second-order valence-corrected chi connectivity index (χ2v) is 8.57. The summed E-state index contributed by atoms with van der Waals surface area (Å²) in [5, 5.41) is 0.734. The molecule has 3 rings (SSSR count). The second-order valence-electron chi connectivity index (χ2n) is 8.13. The maximum atomic E-state index is 13.5. The summed E-state index contributed by atoms with van der Waals surface area (Å²) >= 11 is 6.01. The average Bonchev–Trinajstić information content (AvgIpc) is 2.81. The molecule has 0 radical (unpaired) electrons. The minimum absolute atomic E-state index is 0. The smallest absolute Gasteiger partial charge is 0.319 e. The van der Waals surface area contributed by atoms with Crippen LogP contribution < -0.4 is 10.6 Å². The highest BCUT2D eigenvalue weighted by Crippen LogP contribution is 2.15. The van der Waals surface area contributed by atoms with Crippen LogP contribution >= 0.6 is 35.6 Å². The van der Waals surface area contributed by atoms with E-state index in [2.05, 4.69) is 17.0 Å². The standard InChI is InChI=1S/C27H31ClFN3O.HI/c28-24-14-12-22(13-15-24)16-20-31(17-5-8-23-7-4-9-25(29)21-23)18-6-19-32(27(30)33)26-10-2-1-3-11-26;/h1-4,7,9-15,21H,5-6,8,16-20H2,(H2,30,33);1H. The zero-order valence-corrected chi connectivity index (χ0v) is 22.3. The fourth-order valence-electron chi connectivity index (χ4n) is 3.90. The van der Waals surface area contributed by atoms with Crippen LogP contribution in [0.25, 0.3) is 0 Å². The first-order chi connectivity index (χ1) is 16.0. The van der Waals surface area contributed by atoms with Crippen molar-refractivity contribution in [3.63, 3.8) is 0 Å². The molecule has 0 aliphatic carbocycles. The summed E-state index contributed by atoms with van der Waals surface area (Å²) in [5.41, 5.74) is 8.67. The molecule has 0 bridgehead atoms. The molecule has 0 unspecified atom stereocenters. The fourth-order valence-corrected chi connectivity index (χ4v) is 4.03. The van der Waals surface area contributed by atoms with Gasteiger partial charge in [0.05, 0.1) is 0 Å². The first-order valence-electron chi connectivity index (χ1n) is 11.3. The van der Waals surface area contributed by atoms with Gasteiger partial charge in [-0.1, -0.05) is 54.1 Å². The lowest BCUT2D eigenvalue weighted by atomic mass is 10.1. The van der Waals surface area contributed by atoms with Gasteiger partial charge in [0, 0.05) is 23.8 Å². The number of carbonyl (C=O) groups is 1. The van der Waals surface area contributed by atoms with E-state index in [1.54, 1.807) is 17.0 Å². The van der Waals surface area contributed by atoms with E-state index in [0.717, 1.165) is 61.6 Å². The first kappa shape index (κ1) is 28.1. The number of para-hydroxylation sites is 1. The van der Waals surface area contributed by atoms with Gasteiger partial charge in [0.1, 0.15) is 5.82 Å². The van der Waals surface area contributed by atoms with Crippen LogP contribution in [-0.4, -0.2) is 37.1 Å². The van der Waals surface area contributed by atoms with Crippen LogP contribution in [0.3, 0.4) is 0 Å². The van der Waals surface area contributed by atoms with E-state index in [0.29, 0.717) is 6.54 Å². The third-order valence-corrected chi connectivity index (χ3v) is 5.90. The molecule has 0 aromatic heterocycles. The van der Waals surface area contributed by atoms with Crippen LogP contribution in [-0.2, 0) is 12.8 Å². The molecule has 3 aromatic rings. The maximum Gasteiger partial charge on any atom is 0.319 e. The second kappa shape index (κ2) is 15.0. The number of urea groups is 1. The van der Waals surface area contributed by atoms with Crippen LogP contribution in [0, 0.1) is 5.82 Å². The van der Waals surface area contributed by atoms with Gasteiger partial charge in [-0.15, -0.1) is 24.0 Å². The van der Waals surface area contributed by atoms with Crippen LogP contribution in [0.1, 0.15) is 24.0 Å². The SMILES string of the molecule is I.NC(=O)N(CCCN(CCCc1cccc(F)c1)CCc1ccc(Cl)cc1)c1ccccc1. The molecule has 0 saturated carbocycles. The topological polar surface area (TPSA) is 49.6 Å². The normalized spacial score (nSPS) is 10.7. The number of nitrogens with zero attached hydrogens (tertiary/aromatic N) is 2. The zero-order valence-electron chi connectivity index (χ0n) is 19.2. The van der Waals surface area contributed by atoms with Gasteiger partial charge in [0.15, 0.2) is 0 Å². The molecule has 0 aliphatic heterocycles. The Labute approximate surface area is 223 Å². The minimum Gasteiger partial charge on any atom is -0.351 e. The molecule has 0 aliphatic rings. The number of aryl methyl sites for hydroxylation is 1. The van der Waals surface area contributed by atoms with Crippen molar-refractivity contribution in [2.45, 2.75) is 25.7 Å². The molecule has 0 atom stereocenters. The van der Waals surface area contributed by atoms with Crippen molar-refractivity contribution in [3.8, 4) is 0 Å². The lowest BCUT2D eigenvalue weighted by Crippen LogP contribution is -2.38. The maximum absolute atomic E-state index is 13.5. The van der Waals surface area contributed by atoms with Gasteiger partial charge in [-0.05, 0) is 86.3 Å². The highest BCUT2D eigenvalue weighted by atomic mass is 127. The van der Waals surface area contributed by atoms with Crippen molar-refractivity contribution in [2.75, 3.05) is 31.1 Å². The van der Waals surface area contributed by atoms with E-state index in [9.17, 15) is 9.18 Å². The van der Waals surface area contributed by atoms with Crippen molar-refractivity contribution in [3.05, 3.63) is 101 Å². The Morgan fingerprint density at radius 2 is 1.50 bits per heavy atom. The predicted octanol–water partition coefficient (Wildman–Crippen LogP) is 6.55. The Balaban J connectivity index is 0.00000408. The summed E-state index contributed by atoms with van der Waals surface area (Å²) < 4.78 is 13.5. The molecular formula is C27H32ClFIN3O. The highest BCUT2D eigenvalue weighted by Gasteiger charge is 2.13. The van der Waals surface area contributed by atoms with Gasteiger partial charge < -0.3 is 10.6 Å². The molecule has 182 valence electrons. The lowest BCUT2D eigenvalue weighted by molar-refractivity contribution is 0.251. The van der Waals surface area contributed by atoms with E-state index in [1.165, 1.54) is 11.6 Å².